The SMILES string of the molecule is O=C(O)CCCCc1nc2cc(C(=O)N3CCO[C@H](C4=CCC(C(F)(F)F)C=C4)C3)ccc2nc1-c1ccc(Cl)cc1. The monoisotopic (exact) mass is 599 g/mol. The highest BCUT2D eigenvalue weighted by atomic mass is 35.5. The number of morpholine rings is 1. The lowest BCUT2D eigenvalue weighted by Crippen LogP contribution is -2.46. The summed E-state index contributed by atoms with van der Waals surface area (Å²) >= 11 is 6.07. The maximum absolute atomic E-state index is 13.5. The Labute approximate surface area is 245 Å². The zero-order valence-electron chi connectivity index (χ0n) is 22.6. The normalized spacial score (nSPS) is 19.1. The van der Waals surface area contributed by atoms with Crippen LogP contribution in [0, 0.1) is 5.92 Å². The third kappa shape index (κ3) is 6.99. The molecule has 1 fully saturated rings. The molecule has 220 valence electrons. The van der Waals surface area contributed by atoms with Crippen LogP contribution in [0.1, 0.15) is 41.7 Å². The Kier molecular flexibility index (Phi) is 8.93. The molecule has 2 aliphatic rings. The van der Waals surface area contributed by atoms with E-state index >= 15 is 0 Å². The molecule has 1 unspecified atom stereocenters. The lowest BCUT2D eigenvalue weighted by Gasteiger charge is -2.34. The van der Waals surface area contributed by atoms with Gasteiger partial charge in [0, 0.05) is 29.1 Å². The minimum atomic E-state index is -4.29. The van der Waals surface area contributed by atoms with E-state index in [2.05, 4.69) is 0 Å². The highest BCUT2D eigenvalue weighted by Crippen LogP contribution is 2.34. The number of amides is 1. The Morgan fingerprint density at radius 1 is 1.07 bits per heavy atom. The number of nitrogens with zero attached hydrogens (tertiary/aromatic N) is 3. The number of hydrogen-bond donors (Lipinski definition) is 1. The summed E-state index contributed by atoms with van der Waals surface area (Å²) in [6, 6.07) is 12.4. The first-order valence-electron chi connectivity index (χ1n) is 13.7. The number of rotatable bonds is 8. The molecule has 0 radical (unpaired) electrons. The van der Waals surface area contributed by atoms with E-state index in [0.717, 1.165) is 11.6 Å². The van der Waals surface area contributed by atoms with Crippen molar-refractivity contribution in [3.63, 3.8) is 0 Å². The summed E-state index contributed by atoms with van der Waals surface area (Å²) in [5.41, 5.74) is 4.38. The number of carbonyl (C=O) groups excluding carboxylic acids is 1. The Morgan fingerprint density at radius 3 is 2.55 bits per heavy atom. The molecular weight excluding hydrogens is 571 g/mol. The van der Waals surface area contributed by atoms with Gasteiger partial charge in [-0.15, -0.1) is 0 Å². The number of aliphatic carboxylic acids is 1. The van der Waals surface area contributed by atoms with Crippen molar-refractivity contribution in [3.8, 4) is 11.3 Å². The van der Waals surface area contributed by atoms with E-state index in [0.29, 0.717) is 64.4 Å². The molecule has 1 saturated heterocycles. The van der Waals surface area contributed by atoms with Crippen LogP contribution in [0.25, 0.3) is 22.3 Å². The summed E-state index contributed by atoms with van der Waals surface area (Å²) < 4.78 is 44.9. The molecule has 1 aliphatic heterocycles. The Bertz CT molecular complexity index is 1540. The predicted molar refractivity (Wildman–Crippen MR) is 152 cm³/mol. The number of ether oxygens (including phenoxy) is 1. The van der Waals surface area contributed by atoms with E-state index in [1.54, 1.807) is 41.3 Å². The minimum absolute atomic E-state index is 0.0616. The van der Waals surface area contributed by atoms with Crippen LogP contribution < -0.4 is 0 Å². The van der Waals surface area contributed by atoms with E-state index in [1.165, 1.54) is 6.08 Å². The standard InChI is InChI=1S/C31H29ClF3N3O4/c32-23-12-7-20(8-13-23)29-25(3-1-2-4-28(39)40)36-26-17-21(9-14-24(26)37-29)30(41)38-15-16-42-27(18-38)19-5-10-22(11-6-19)31(33,34)35/h5-10,12-14,17,22,27H,1-4,11,15-16,18H2,(H,39,40)/t22?,27-/m0/s1. The Hall–Kier alpha value is -3.76. The van der Waals surface area contributed by atoms with Gasteiger partial charge >= 0.3 is 12.1 Å². The second-order valence-corrected chi connectivity index (χ2v) is 10.8. The van der Waals surface area contributed by atoms with Crippen LogP contribution >= 0.6 is 11.6 Å². The van der Waals surface area contributed by atoms with Crippen LogP contribution in [0.2, 0.25) is 5.02 Å². The fourth-order valence-electron chi connectivity index (χ4n) is 5.14. The number of hydrogen-bond acceptors (Lipinski definition) is 5. The summed E-state index contributed by atoms with van der Waals surface area (Å²) in [6.07, 6.45) is 0.863. The largest absolute Gasteiger partial charge is 0.481 e. The summed E-state index contributed by atoms with van der Waals surface area (Å²) in [5.74, 6) is -2.60. The molecular formula is C31H29ClF3N3O4. The van der Waals surface area contributed by atoms with Crippen LogP contribution in [0.15, 0.2) is 66.3 Å². The van der Waals surface area contributed by atoms with Gasteiger partial charge < -0.3 is 14.7 Å². The molecule has 7 nitrogen and oxygen atoms in total. The van der Waals surface area contributed by atoms with Gasteiger partial charge in [-0.2, -0.15) is 13.2 Å². The van der Waals surface area contributed by atoms with Gasteiger partial charge in [0.2, 0.25) is 0 Å². The molecule has 0 spiro atoms. The molecule has 2 heterocycles. The van der Waals surface area contributed by atoms with Crippen LogP contribution in [-0.2, 0) is 16.0 Å². The number of unbranched alkanes of at least 4 members (excludes halogenated alkanes) is 1. The van der Waals surface area contributed by atoms with Gasteiger partial charge in [0.15, 0.2) is 0 Å². The van der Waals surface area contributed by atoms with Crippen LogP contribution in [0.3, 0.4) is 0 Å². The number of halogens is 4. The van der Waals surface area contributed by atoms with Gasteiger partial charge in [0.05, 0.1) is 47.6 Å². The van der Waals surface area contributed by atoms with E-state index in [1.807, 2.05) is 12.1 Å². The van der Waals surface area contributed by atoms with Crippen molar-refractivity contribution in [2.75, 3.05) is 19.7 Å². The van der Waals surface area contributed by atoms with E-state index < -0.39 is 24.2 Å². The quantitative estimate of drug-likeness (QED) is 0.291. The minimum Gasteiger partial charge on any atom is -0.481 e. The lowest BCUT2D eigenvalue weighted by atomic mass is 9.93. The first kappa shape index (κ1) is 29.7. The second-order valence-electron chi connectivity index (χ2n) is 10.4. The predicted octanol–water partition coefficient (Wildman–Crippen LogP) is 6.65. The van der Waals surface area contributed by atoms with Gasteiger partial charge in [-0.25, -0.2) is 9.97 Å². The molecule has 2 aromatic carbocycles. The molecule has 42 heavy (non-hydrogen) atoms. The number of allylic oxidation sites excluding steroid dienone is 2. The molecule has 0 bridgehead atoms. The number of carboxylic acid groups (broad SMARTS) is 1. The molecule has 2 atom stereocenters. The van der Waals surface area contributed by atoms with Gasteiger partial charge in [-0.1, -0.05) is 42.0 Å². The van der Waals surface area contributed by atoms with Gasteiger partial charge in [-0.3, -0.25) is 9.59 Å². The molecule has 5 rings (SSSR count). The summed E-state index contributed by atoms with van der Waals surface area (Å²) in [4.78, 5) is 35.8. The Morgan fingerprint density at radius 2 is 1.86 bits per heavy atom. The number of benzene rings is 2. The molecule has 1 amide bonds. The van der Waals surface area contributed by atoms with Crippen molar-refractivity contribution in [2.45, 2.75) is 44.4 Å². The number of fused-ring (bicyclic) bond motifs is 1. The summed E-state index contributed by atoms with van der Waals surface area (Å²) in [5, 5.41) is 9.59. The number of aryl methyl sites for hydroxylation is 1. The van der Waals surface area contributed by atoms with Crippen LogP contribution in [0.5, 0.6) is 0 Å². The topological polar surface area (TPSA) is 92.6 Å². The van der Waals surface area contributed by atoms with Crippen molar-refractivity contribution >= 4 is 34.5 Å². The number of carboxylic acids is 1. The first-order valence-corrected chi connectivity index (χ1v) is 14.1. The van der Waals surface area contributed by atoms with Crippen molar-refractivity contribution < 1.29 is 32.6 Å². The zero-order chi connectivity index (χ0) is 29.9. The van der Waals surface area contributed by atoms with E-state index in [-0.39, 0.29) is 31.9 Å². The highest BCUT2D eigenvalue weighted by molar-refractivity contribution is 6.30. The molecule has 3 aromatic rings. The molecule has 1 aliphatic carbocycles. The van der Waals surface area contributed by atoms with Gasteiger partial charge in [-0.05, 0) is 61.6 Å². The first-order chi connectivity index (χ1) is 20.1. The summed E-state index contributed by atoms with van der Waals surface area (Å²) in [6.45, 7) is 0.841. The Balaban J connectivity index is 1.36. The smallest absolute Gasteiger partial charge is 0.395 e. The molecule has 1 N–H and O–H groups in total. The maximum Gasteiger partial charge on any atom is 0.395 e. The van der Waals surface area contributed by atoms with Crippen LogP contribution in [0.4, 0.5) is 13.2 Å². The van der Waals surface area contributed by atoms with Crippen LogP contribution in [-0.4, -0.2) is 63.8 Å². The second kappa shape index (κ2) is 12.6. The lowest BCUT2D eigenvalue weighted by molar-refractivity contribution is -0.160. The molecule has 1 aromatic heterocycles. The van der Waals surface area contributed by atoms with Gasteiger partial charge in [0.1, 0.15) is 0 Å². The van der Waals surface area contributed by atoms with Gasteiger partial charge in [0.25, 0.3) is 5.91 Å². The van der Waals surface area contributed by atoms with Crippen molar-refractivity contribution in [2.24, 2.45) is 5.92 Å². The highest BCUT2D eigenvalue weighted by Gasteiger charge is 2.38. The molecule has 11 heteroatoms. The van der Waals surface area contributed by atoms with Crippen molar-refractivity contribution in [1.29, 1.82) is 0 Å². The third-order valence-corrected chi connectivity index (χ3v) is 7.68. The third-order valence-electron chi connectivity index (χ3n) is 7.43. The van der Waals surface area contributed by atoms with Crippen molar-refractivity contribution in [3.05, 3.63) is 82.5 Å². The zero-order valence-corrected chi connectivity index (χ0v) is 23.4. The molecule has 0 saturated carbocycles. The average molecular weight is 600 g/mol. The summed E-state index contributed by atoms with van der Waals surface area (Å²) in [7, 11) is 0. The van der Waals surface area contributed by atoms with E-state index in [4.69, 9.17) is 31.4 Å². The fraction of sp³-hybridized carbons (Fsp3) is 0.355. The number of aromatic nitrogens is 2. The van der Waals surface area contributed by atoms with Crippen molar-refractivity contribution in [1.82, 2.24) is 14.9 Å². The van der Waals surface area contributed by atoms with E-state index in [9.17, 15) is 22.8 Å². The maximum atomic E-state index is 13.5. The fourth-order valence-corrected chi connectivity index (χ4v) is 5.27. The number of alkyl halides is 3. The average Bonchev–Trinajstić information content (AvgIpc) is 2.98. The number of carbonyl (C=O) groups is 2.